The summed E-state index contributed by atoms with van der Waals surface area (Å²) in [5.41, 5.74) is 0.772. The Bertz CT molecular complexity index is 1020. The molecule has 3 aromatic rings. The van der Waals surface area contributed by atoms with Gasteiger partial charge in [0.15, 0.2) is 0 Å². The predicted octanol–water partition coefficient (Wildman–Crippen LogP) is 1.41. The van der Waals surface area contributed by atoms with Crippen LogP contribution in [-0.2, 0) is 11.2 Å². The molecule has 1 amide bonds. The standard InChI is InChI=1S/C17H15N3O4/c1-24-14-5-3-2-4-10(14)8-15(21)18-11-6-7-12-13(9-11)20-17(23)16(22)19-12/h2-7,9H,8H2,1H3,(H,18,21)(H,19,22)(H,20,23). The van der Waals surface area contributed by atoms with E-state index in [4.69, 9.17) is 4.74 Å². The van der Waals surface area contributed by atoms with Crippen LogP contribution in [0.3, 0.4) is 0 Å². The molecule has 24 heavy (non-hydrogen) atoms. The number of methoxy groups -OCH3 is 1. The molecule has 1 heterocycles. The second-order valence-electron chi connectivity index (χ2n) is 5.21. The topological polar surface area (TPSA) is 104 Å². The zero-order valence-electron chi connectivity index (χ0n) is 12.9. The van der Waals surface area contributed by atoms with Crippen LogP contribution in [0.1, 0.15) is 5.56 Å². The summed E-state index contributed by atoms with van der Waals surface area (Å²) in [4.78, 5) is 39.8. The molecule has 122 valence electrons. The number of hydrogen-bond donors (Lipinski definition) is 3. The van der Waals surface area contributed by atoms with E-state index in [0.29, 0.717) is 22.5 Å². The van der Waals surface area contributed by atoms with Crippen LogP contribution in [-0.4, -0.2) is 23.0 Å². The summed E-state index contributed by atoms with van der Waals surface area (Å²) in [7, 11) is 1.55. The first-order chi connectivity index (χ1) is 11.6. The summed E-state index contributed by atoms with van der Waals surface area (Å²) in [5.74, 6) is 0.429. The van der Waals surface area contributed by atoms with Crippen molar-refractivity contribution < 1.29 is 9.53 Å². The number of hydrogen-bond acceptors (Lipinski definition) is 4. The number of ether oxygens (including phenoxy) is 1. The van der Waals surface area contributed by atoms with Crippen LogP contribution in [0, 0.1) is 0 Å². The van der Waals surface area contributed by atoms with E-state index < -0.39 is 11.1 Å². The smallest absolute Gasteiger partial charge is 0.314 e. The molecule has 0 aliphatic carbocycles. The number of H-pyrrole nitrogens is 2. The van der Waals surface area contributed by atoms with Gasteiger partial charge in [-0.2, -0.15) is 0 Å². The predicted molar refractivity (Wildman–Crippen MR) is 90.5 cm³/mol. The number of para-hydroxylation sites is 1. The van der Waals surface area contributed by atoms with E-state index in [1.165, 1.54) is 0 Å². The zero-order valence-corrected chi connectivity index (χ0v) is 12.9. The van der Waals surface area contributed by atoms with Gasteiger partial charge in [0.25, 0.3) is 0 Å². The molecule has 1 aromatic heterocycles. The average molecular weight is 325 g/mol. The molecule has 0 bridgehead atoms. The molecule has 3 N–H and O–H groups in total. The molecule has 0 aliphatic rings. The van der Waals surface area contributed by atoms with Crippen LogP contribution < -0.4 is 21.2 Å². The number of amides is 1. The first-order valence-electron chi connectivity index (χ1n) is 7.25. The maximum absolute atomic E-state index is 12.2. The minimum atomic E-state index is -0.736. The quantitative estimate of drug-likeness (QED) is 0.631. The fourth-order valence-electron chi connectivity index (χ4n) is 2.42. The van der Waals surface area contributed by atoms with E-state index in [0.717, 1.165) is 5.56 Å². The third-order valence-electron chi connectivity index (χ3n) is 3.55. The van der Waals surface area contributed by atoms with Gasteiger partial charge in [-0.3, -0.25) is 14.4 Å². The normalized spacial score (nSPS) is 10.5. The van der Waals surface area contributed by atoms with Crippen LogP contribution in [0.15, 0.2) is 52.1 Å². The largest absolute Gasteiger partial charge is 0.496 e. The molecule has 7 heteroatoms. The molecule has 3 rings (SSSR count). The van der Waals surface area contributed by atoms with E-state index in [9.17, 15) is 14.4 Å². The molecular formula is C17H15N3O4. The number of aromatic nitrogens is 2. The Morgan fingerprint density at radius 1 is 1.04 bits per heavy atom. The van der Waals surface area contributed by atoms with Crippen LogP contribution in [0.4, 0.5) is 5.69 Å². The van der Waals surface area contributed by atoms with Gasteiger partial charge in [-0.1, -0.05) is 18.2 Å². The second-order valence-corrected chi connectivity index (χ2v) is 5.21. The first kappa shape index (κ1) is 15.5. The Morgan fingerprint density at radius 2 is 1.75 bits per heavy atom. The molecular weight excluding hydrogens is 310 g/mol. The second kappa shape index (κ2) is 6.41. The Labute approximate surface area is 136 Å². The maximum atomic E-state index is 12.2. The summed E-state index contributed by atoms with van der Waals surface area (Å²) >= 11 is 0. The summed E-state index contributed by atoms with van der Waals surface area (Å²) in [6.07, 6.45) is 0.157. The van der Waals surface area contributed by atoms with Gasteiger partial charge in [0, 0.05) is 11.3 Å². The molecule has 2 aromatic carbocycles. The minimum Gasteiger partial charge on any atom is -0.496 e. The highest BCUT2D eigenvalue weighted by Gasteiger charge is 2.09. The fraction of sp³-hybridized carbons (Fsp3) is 0.118. The Kier molecular flexibility index (Phi) is 4.15. The van der Waals surface area contributed by atoms with Gasteiger partial charge in [-0.05, 0) is 24.3 Å². The molecule has 0 spiro atoms. The van der Waals surface area contributed by atoms with E-state index in [1.807, 2.05) is 18.2 Å². The number of aromatic amines is 2. The Morgan fingerprint density at radius 3 is 2.50 bits per heavy atom. The number of fused-ring (bicyclic) bond motifs is 1. The summed E-state index contributed by atoms with van der Waals surface area (Å²) in [5, 5.41) is 2.76. The molecule has 0 saturated heterocycles. The highest BCUT2D eigenvalue weighted by Crippen LogP contribution is 2.19. The van der Waals surface area contributed by atoms with Crippen LogP contribution >= 0.6 is 0 Å². The Hall–Kier alpha value is -3.35. The van der Waals surface area contributed by atoms with E-state index in [2.05, 4.69) is 15.3 Å². The van der Waals surface area contributed by atoms with E-state index >= 15 is 0 Å². The SMILES string of the molecule is COc1ccccc1CC(=O)Nc1ccc2[nH]c(=O)c(=O)[nH]c2c1. The van der Waals surface area contributed by atoms with Gasteiger partial charge in [-0.15, -0.1) is 0 Å². The van der Waals surface area contributed by atoms with Crippen LogP contribution in [0.5, 0.6) is 5.75 Å². The van der Waals surface area contributed by atoms with Crippen molar-refractivity contribution in [3.05, 3.63) is 68.7 Å². The summed E-state index contributed by atoms with van der Waals surface area (Å²) in [6, 6.07) is 12.1. The lowest BCUT2D eigenvalue weighted by molar-refractivity contribution is -0.115. The third-order valence-corrected chi connectivity index (χ3v) is 3.55. The van der Waals surface area contributed by atoms with E-state index in [1.54, 1.807) is 31.4 Å². The minimum absolute atomic E-state index is 0.157. The highest BCUT2D eigenvalue weighted by molar-refractivity contribution is 5.94. The van der Waals surface area contributed by atoms with E-state index in [-0.39, 0.29) is 12.3 Å². The van der Waals surface area contributed by atoms with Gasteiger partial charge in [-0.25, -0.2) is 0 Å². The number of rotatable bonds is 4. The molecule has 0 saturated carbocycles. The van der Waals surface area contributed by atoms with Gasteiger partial charge in [0.1, 0.15) is 5.75 Å². The molecule has 0 atom stereocenters. The van der Waals surface area contributed by atoms with Crippen molar-refractivity contribution in [3.8, 4) is 5.75 Å². The molecule has 0 radical (unpaired) electrons. The fourth-order valence-corrected chi connectivity index (χ4v) is 2.42. The monoisotopic (exact) mass is 325 g/mol. The molecule has 0 fully saturated rings. The number of benzene rings is 2. The van der Waals surface area contributed by atoms with Gasteiger partial charge >= 0.3 is 11.1 Å². The van der Waals surface area contributed by atoms with Gasteiger partial charge < -0.3 is 20.0 Å². The number of anilines is 1. The summed E-state index contributed by atoms with van der Waals surface area (Å²) < 4.78 is 5.23. The zero-order chi connectivity index (χ0) is 17.1. The van der Waals surface area contributed by atoms with Crippen LogP contribution in [0.2, 0.25) is 0 Å². The van der Waals surface area contributed by atoms with Crippen molar-refractivity contribution >= 4 is 22.6 Å². The lowest BCUT2D eigenvalue weighted by Crippen LogP contribution is -2.28. The highest BCUT2D eigenvalue weighted by atomic mass is 16.5. The van der Waals surface area contributed by atoms with Crippen molar-refractivity contribution in [1.82, 2.24) is 9.97 Å². The average Bonchev–Trinajstić information content (AvgIpc) is 2.56. The van der Waals surface area contributed by atoms with Crippen molar-refractivity contribution in [2.24, 2.45) is 0 Å². The van der Waals surface area contributed by atoms with Crippen molar-refractivity contribution in [2.45, 2.75) is 6.42 Å². The van der Waals surface area contributed by atoms with Crippen molar-refractivity contribution in [2.75, 3.05) is 12.4 Å². The number of carbonyl (C=O) groups excluding carboxylic acids is 1. The third kappa shape index (κ3) is 3.19. The number of carbonyl (C=O) groups is 1. The van der Waals surface area contributed by atoms with Gasteiger partial charge in [0.05, 0.1) is 24.6 Å². The molecule has 0 aliphatic heterocycles. The summed E-state index contributed by atoms with van der Waals surface area (Å²) in [6.45, 7) is 0. The lowest BCUT2D eigenvalue weighted by atomic mass is 10.1. The molecule has 0 unspecified atom stereocenters. The Balaban J connectivity index is 1.81. The van der Waals surface area contributed by atoms with Crippen molar-refractivity contribution in [3.63, 3.8) is 0 Å². The maximum Gasteiger partial charge on any atom is 0.314 e. The van der Waals surface area contributed by atoms with Crippen molar-refractivity contribution in [1.29, 1.82) is 0 Å². The first-order valence-corrected chi connectivity index (χ1v) is 7.25. The molecule has 7 nitrogen and oxygen atoms in total. The van der Waals surface area contributed by atoms with Crippen LogP contribution in [0.25, 0.3) is 11.0 Å². The number of nitrogens with one attached hydrogen (secondary N) is 3. The lowest BCUT2D eigenvalue weighted by Gasteiger charge is -2.09. The van der Waals surface area contributed by atoms with Gasteiger partial charge in [0.2, 0.25) is 5.91 Å².